The molecule has 0 radical (unpaired) electrons. The molecular weight excluding hydrogens is 568 g/mol. The van der Waals surface area contributed by atoms with E-state index in [9.17, 15) is 24.6 Å². The van der Waals surface area contributed by atoms with E-state index < -0.39 is 17.9 Å². The molecule has 0 amide bonds. The van der Waals surface area contributed by atoms with Crippen LogP contribution >= 0.6 is 0 Å². The monoisotopic (exact) mass is 616 g/mol. The lowest BCUT2D eigenvalue weighted by molar-refractivity contribution is 0.0491. The van der Waals surface area contributed by atoms with Crippen LogP contribution in [0.4, 0.5) is 0 Å². The zero-order valence-electron chi connectivity index (χ0n) is 26.0. The number of hydrogen-bond donors (Lipinski definition) is 2. The Kier molecular flexibility index (Phi) is 22.5. The molecule has 0 saturated heterocycles. The minimum Gasteiger partial charge on any atom is -0.502 e. The number of carboxylic acid groups (broad SMARTS) is 2. The molecule has 0 heterocycles. The highest BCUT2D eigenvalue weighted by Crippen LogP contribution is 2.33. The van der Waals surface area contributed by atoms with Gasteiger partial charge in [-0.2, -0.15) is 0 Å². The standard InChI is InChI=1S/C30H42O9.C4H6O/c1-5-18-39-30(35)27-23(16-10-13-20-37-7-3)22(15-9-12-19-36-6-2)25(28(31)32)24(26(27)29(33)34)17-11-14-21-38-8-4;1-3-5-4-2/h6-8H,2-5,9-21H2,1H3,(H,31,32)(H,33,34);3-4H,1-2H2. The van der Waals surface area contributed by atoms with E-state index in [1.807, 2.05) is 6.92 Å². The fraction of sp³-hybridized carbons (Fsp3) is 0.441. The molecule has 0 bridgehead atoms. The zero-order chi connectivity index (χ0) is 33.2. The summed E-state index contributed by atoms with van der Waals surface area (Å²) in [4.78, 5) is 38.7. The van der Waals surface area contributed by atoms with Gasteiger partial charge in [-0.25, -0.2) is 14.4 Å². The van der Waals surface area contributed by atoms with Crippen LogP contribution in [-0.2, 0) is 42.9 Å². The largest absolute Gasteiger partial charge is 0.502 e. The predicted octanol–water partition coefficient (Wildman–Crippen LogP) is 7.39. The van der Waals surface area contributed by atoms with E-state index >= 15 is 0 Å². The molecule has 10 heteroatoms. The third kappa shape index (κ3) is 14.6. The van der Waals surface area contributed by atoms with Crippen molar-refractivity contribution < 1.29 is 48.3 Å². The van der Waals surface area contributed by atoms with Gasteiger partial charge in [0, 0.05) is 0 Å². The maximum absolute atomic E-state index is 13.4. The van der Waals surface area contributed by atoms with Crippen molar-refractivity contribution >= 4 is 17.9 Å². The van der Waals surface area contributed by atoms with Gasteiger partial charge in [-0.15, -0.1) is 0 Å². The quantitative estimate of drug-likeness (QED) is 0.0650. The summed E-state index contributed by atoms with van der Waals surface area (Å²) in [7, 11) is 0. The van der Waals surface area contributed by atoms with Gasteiger partial charge in [0.25, 0.3) is 0 Å². The normalized spacial score (nSPS) is 9.84. The van der Waals surface area contributed by atoms with Gasteiger partial charge in [0.1, 0.15) is 0 Å². The lowest BCUT2D eigenvalue weighted by Crippen LogP contribution is -2.24. The number of rotatable bonds is 25. The molecule has 0 atom stereocenters. The first-order valence-corrected chi connectivity index (χ1v) is 14.7. The van der Waals surface area contributed by atoms with Crippen LogP contribution in [0.2, 0.25) is 0 Å². The van der Waals surface area contributed by atoms with E-state index in [1.54, 1.807) is 0 Å². The molecule has 1 rings (SSSR count). The van der Waals surface area contributed by atoms with Crippen molar-refractivity contribution in [2.75, 3.05) is 26.4 Å². The molecule has 2 N–H and O–H groups in total. The van der Waals surface area contributed by atoms with Gasteiger partial charge in [0.2, 0.25) is 0 Å². The van der Waals surface area contributed by atoms with Crippen LogP contribution in [0.1, 0.15) is 99.6 Å². The van der Waals surface area contributed by atoms with Crippen LogP contribution in [0.15, 0.2) is 64.2 Å². The van der Waals surface area contributed by atoms with E-state index in [0.717, 1.165) is 0 Å². The van der Waals surface area contributed by atoms with Crippen LogP contribution in [0.5, 0.6) is 0 Å². The van der Waals surface area contributed by atoms with Crippen molar-refractivity contribution in [1.82, 2.24) is 0 Å². The van der Waals surface area contributed by atoms with Crippen molar-refractivity contribution in [3.8, 4) is 0 Å². The summed E-state index contributed by atoms with van der Waals surface area (Å²) in [6.45, 7) is 20.2. The number of benzene rings is 1. The summed E-state index contributed by atoms with van der Waals surface area (Å²) in [5, 5.41) is 20.7. The number of aromatic carboxylic acids is 2. The highest BCUT2D eigenvalue weighted by Gasteiger charge is 2.33. The summed E-state index contributed by atoms with van der Waals surface area (Å²) in [6.07, 6.45) is 11.3. The summed E-state index contributed by atoms with van der Waals surface area (Å²) in [5.41, 5.74) is 0.609. The summed E-state index contributed by atoms with van der Waals surface area (Å²) in [5.74, 6) is -3.34. The lowest BCUT2D eigenvalue weighted by atomic mass is 9.81. The number of ether oxygens (including phenoxy) is 5. The van der Waals surface area contributed by atoms with Crippen molar-refractivity contribution in [3.63, 3.8) is 0 Å². The smallest absolute Gasteiger partial charge is 0.339 e. The number of unbranched alkanes of at least 4 members (excludes halogenated alkanes) is 3. The molecule has 1 aromatic carbocycles. The van der Waals surface area contributed by atoms with Gasteiger partial charge in [-0.3, -0.25) is 0 Å². The minimum absolute atomic E-state index is 0.0499. The molecule has 10 nitrogen and oxygen atoms in total. The van der Waals surface area contributed by atoms with Gasteiger partial charge < -0.3 is 33.9 Å². The van der Waals surface area contributed by atoms with E-state index in [-0.39, 0.29) is 35.3 Å². The first-order chi connectivity index (χ1) is 21.3. The second-order valence-corrected chi connectivity index (χ2v) is 9.26. The average Bonchev–Trinajstić information content (AvgIpc) is 3.00. The van der Waals surface area contributed by atoms with Crippen LogP contribution < -0.4 is 0 Å². The van der Waals surface area contributed by atoms with E-state index in [0.29, 0.717) is 88.7 Å². The lowest BCUT2D eigenvalue weighted by Gasteiger charge is -2.23. The topological polar surface area (TPSA) is 138 Å². The zero-order valence-corrected chi connectivity index (χ0v) is 26.0. The van der Waals surface area contributed by atoms with Crippen molar-refractivity contribution in [2.24, 2.45) is 0 Å². The number of esters is 1. The summed E-state index contributed by atoms with van der Waals surface area (Å²) < 4.78 is 25.3. The molecule has 0 aliphatic carbocycles. The van der Waals surface area contributed by atoms with Gasteiger partial charge in [0.05, 0.1) is 74.4 Å². The molecule has 0 aliphatic heterocycles. The SMILES string of the molecule is C=COC=C.C=COCCCCc1c(CCCCOC=C)c(C(=O)OCCC)c(C(=O)O)c(CCCCOC=C)c1C(=O)O. The van der Waals surface area contributed by atoms with Crippen molar-refractivity contribution in [1.29, 1.82) is 0 Å². The number of carboxylic acids is 2. The fourth-order valence-electron chi connectivity index (χ4n) is 4.48. The van der Waals surface area contributed by atoms with Gasteiger partial charge in [-0.05, 0) is 80.9 Å². The van der Waals surface area contributed by atoms with Crippen molar-refractivity contribution in [3.05, 3.63) is 97.6 Å². The van der Waals surface area contributed by atoms with Crippen LogP contribution in [0.3, 0.4) is 0 Å². The van der Waals surface area contributed by atoms with Crippen LogP contribution in [0.25, 0.3) is 0 Å². The third-order valence-electron chi connectivity index (χ3n) is 6.25. The Balaban J connectivity index is 0.00000340. The number of hydrogen-bond acceptors (Lipinski definition) is 8. The second-order valence-electron chi connectivity index (χ2n) is 9.26. The highest BCUT2D eigenvalue weighted by atomic mass is 16.5. The maximum atomic E-state index is 13.4. The highest BCUT2D eigenvalue weighted by molar-refractivity contribution is 6.08. The van der Waals surface area contributed by atoms with E-state index in [2.05, 4.69) is 37.6 Å². The molecule has 0 aromatic heterocycles. The van der Waals surface area contributed by atoms with Crippen LogP contribution in [0, 0.1) is 0 Å². The molecule has 244 valence electrons. The number of carbonyl (C=O) groups excluding carboxylic acids is 1. The second kappa shape index (κ2) is 25.1. The van der Waals surface area contributed by atoms with Crippen molar-refractivity contribution in [2.45, 2.75) is 71.1 Å². The molecule has 0 aliphatic rings. The molecule has 44 heavy (non-hydrogen) atoms. The Morgan fingerprint density at radius 3 is 1.32 bits per heavy atom. The Labute approximate surface area is 261 Å². The predicted molar refractivity (Wildman–Crippen MR) is 170 cm³/mol. The first-order valence-electron chi connectivity index (χ1n) is 14.7. The first kappa shape index (κ1) is 39.5. The Hall–Kier alpha value is -4.47. The molecule has 0 spiro atoms. The Bertz CT molecular complexity index is 1080. The van der Waals surface area contributed by atoms with E-state index in [1.165, 1.54) is 31.3 Å². The number of carbonyl (C=O) groups is 3. The third-order valence-corrected chi connectivity index (χ3v) is 6.25. The molecular formula is C34H48O10. The fourth-order valence-corrected chi connectivity index (χ4v) is 4.48. The van der Waals surface area contributed by atoms with Crippen LogP contribution in [-0.4, -0.2) is 54.5 Å². The summed E-state index contributed by atoms with van der Waals surface area (Å²) in [6, 6.07) is 0. The molecule has 0 saturated carbocycles. The van der Waals surface area contributed by atoms with E-state index in [4.69, 9.17) is 18.9 Å². The average molecular weight is 617 g/mol. The Morgan fingerprint density at radius 2 is 0.977 bits per heavy atom. The Morgan fingerprint density at radius 1 is 0.568 bits per heavy atom. The van der Waals surface area contributed by atoms with Gasteiger partial charge in [0.15, 0.2) is 0 Å². The molecule has 0 unspecified atom stereocenters. The molecule has 1 aromatic rings. The van der Waals surface area contributed by atoms with Gasteiger partial charge >= 0.3 is 17.9 Å². The molecule has 0 fully saturated rings. The summed E-state index contributed by atoms with van der Waals surface area (Å²) >= 11 is 0. The van der Waals surface area contributed by atoms with Gasteiger partial charge in [-0.1, -0.05) is 39.8 Å². The minimum atomic E-state index is -1.36. The maximum Gasteiger partial charge on any atom is 0.339 e.